The van der Waals surface area contributed by atoms with Crippen LogP contribution in [0.1, 0.15) is 13.8 Å². The normalized spacial score (nSPS) is 16.5. The summed E-state index contributed by atoms with van der Waals surface area (Å²) in [5, 5.41) is 8.97. The second kappa shape index (κ2) is 3.30. The number of hydrazone groups is 1. The van der Waals surface area contributed by atoms with Gasteiger partial charge in [0, 0.05) is 12.4 Å². The van der Waals surface area contributed by atoms with E-state index in [0.717, 1.165) is 0 Å². The third-order valence-electron chi connectivity index (χ3n) is 2.02. The van der Waals surface area contributed by atoms with Crippen molar-refractivity contribution < 1.29 is 9.59 Å². The predicted octanol–water partition coefficient (Wildman–Crippen LogP) is -0.136. The summed E-state index contributed by atoms with van der Waals surface area (Å²) >= 11 is 0. The van der Waals surface area contributed by atoms with Crippen molar-refractivity contribution in [1.82, 2.24) is 14.8 Å². The molecule has 0 bridgehead atoms. The predicted molar refractivity (Wildman–Crippen MR) is 52.0 cm³/mol. The van der Waals surface area contributed by atoms with Crippen molar-refractivity contribution in [3.63, 3.8) is 0 Å². The number of rotatable bonds is 1. The largest absolute Gasteiger partial charge is 0.318 e. The smallest absolute Gasteiger partial charge is 0.279 e. The van der Waals surface area contributed by atoms with E-state index in [0.29, 0.717) is 0 Å². The first-order valence-corrected chi connectivity index (χ1v) is 4.58. The highest BCUT2D eigenvalue weighted by Gasteiger charge is 2.36. The number of carbonyl (C=O) groups excluding carboxylic acids is 2. The van der Waals surface area contributed by atoms with E-state index in [4.69, 9.17) is 0 Å². The molecular formula is C9H10N4O2. The lowest BCUT2D eigenvalue weighted by Gasteiger charge is -2.13. The van der Waals surface area contributed by atoms with E-state index >= 15 is 0 Å². The number of Topliss-reactive ketones (excluding diaryl/α,β-unsaturated/α-hetero) is 1. The van der Waals surface area contributed by atoms with Crippen molar-refractivity contribution in [3.8, 4) is 0 Å². The highest BCUT2D eigenvalue weighted by Crippen LogP contribution is 2.10. The summed E-state index contributed by atoms with van der Waals surface area (Å²) < 4.78 is 1.29. The standard InChI is InChI=1S/C9H10N4O2/c1-6(2)13-9(15)7(14)8(11-13)12-5-3-4-10-12/h3-6H,1-2H3. The quantitative estimate of drug-likeness (QED) is 0.601. The Labute approximate surface area is 86.2 Å². The number of hydrogen-bond acceptors (Lipinski definition) is 4. The van der Waals surface area contributed by atoms with Gasteiger partial charge in [0.2, 0.25) is 5.84 Å². The highest BCUT2D eigenvalue weighted by atomic mass is 16.2. The lowest BCUT2D eigenvalue weighted by molar-refractivity contribution is -0.140. The van der Waals surface area contributed by atoms with Gasteiger partial charge in [0.1, 0.15) is 0 Å². The van der Waals surface area contributed by atoms with E-state index in [9.17, 15) is 9.59 Å². The number of aromatic nitrogens is 2. The van der Waals surface area contributed by atoms with Gasteiger partial charge < -0.3 is 0 Å². The zero-order valence-corrected chi connectivity index (χ0v) is 8.41. The molecule has 0 spiro atoms. The second-order valence-corrected chi connectivity index (χ2v) is 3.45. The fraction of sp³-hybridized carbons (Fsp3) is 0.333. The van der Waals surface area contributed by atoms with Gasteiger partial charge in [-0.1, -0.05) is 0 Å². The van der Waals surface area contributed by atoms with Gasteiger partial charge in [0.05, 0.1) is 6.04 Å². The number of carbonyl (C=O) groups is 2. The highest BCUT2D eigenvalue weighted by molar-refractivity contribution is 6.66. The van der Waals surface area contributed by atoms with Crippen LogP contribution in [0.25, 0.3) is 0 Å². The number of nitrogens with zero attached hydrogens (tertiary/aromatic N) is 4. The van der Waals surface area contributed by atoms with Crippen molar-refractivity contribution >= 4 is 17.5 Å². The molecule has 0 unspecified atom stereocenters. The molecule has 0 N–H and O–H groups in total. The Balaban J connectivity index is 2.38. The molecule has 6 nitrogen and oxygen atoms in total. The molecular weight excluding hydrogens is 196 g/mol. The average molecular weight is 206 g/mol. The van der Waals surface area contributed by atoms with Crippen LogP contribution in [0.4, 0.5) is 0 Å². The maximum Gasteiger partial charge on any atom is 0.318 e. The first kappa shape index (κ1) is 9.57. The monoisotopic (exact) mass is 206 g/mol. The summed E-state index contributed by atoms with van der Waals surface area (Å²) in [7, 11) is 0. The maximum absolute atomic E-state index is 11.5. The average Bonchev–Trinajstić information content (AvgIpc) is 2.77. The van der Waals surface area contributed by atoms with Gasteiger partial charge in [-0.05, 0) is 19.9 Å². The molecule has 0 saturated heterocycles. The fourth-order valence-electron chi connectivity index (χ4n) is 1.29. The molecule has 1 aromatic heterocycles. The molecule has 2 rings (SSSR count). The summed E-state index contributed by atoms with van der Waals surface area (Å²) in [5.41, 5.74) is 0. The van der Waals surface area contributed by atoms with E-state index in [1.54, 1.807) is 26.1 Å². The third kappa shape index (κ3) is 1.43. The van der Waals surface area contributed by atoms with Crippen LogP contribution in [0.2, 0.25) is 0 Å². The lowest BCUT2D eigenvalue weighted by Crippen LogP contribution is -2.33. The van der Waals surface area contributed by atoms with Crippen molar-refractivity contribution in [1.29, 1.82) is 0 Å². The van der Waals surface area contributed by atoms with E-state index < -0.39 is 11.7 Å². The summed E-state index contributed by atoms with van der Waals surface area (Å²) in [5.74, 6) is -1.17. The molecule has 0 fully saturated rings. The van der Waals surface area contributed by atoms with Gasteiger partial charge in [0.15, 0.2) is 0 Å². The number of amides is 1. The molecule has 1 aromatic rings. The van der Waals surface area contributed by atoms with Gasteiger partial charge in [-0.3, -0.25) is 9.59 Å². The summed E-state index contributed by atoms with van der Waals surface area (Å²) in [4.78, 5) is 23.0. The minimum Gasteiger partial charge on any atom is -0.279 e. The molecule has 78 valence electrons. The van der Waals surface area contributed by atoms with E-state index in [-0.39, 0.29) is 11.9 Å². The Bertz CT molecular complexity index is 433. The van der Waals surface area contributed by atoms with Gasteiger partial charge >= 0.3 is 5.91 Å². The van der Waals surface area contributed by atoms with Crippen molar-refractivity contribution in [3.05, 3.63) is 18.5 Å². The van der Waals surface area contributed by atoms with E-state index in [1.165, 1.54) is 15.9 Å². The Morgan fingerprint density at radius 3 is 2.53 bits per heavy atom. The minimum atomic E-state index is -0.618. The Hall–Kier alpha value is -1.98. The topological polar surface area (TPSA) is 67.6 Å². The van der Waals surface area contributed by atoms with Crippen molar-refractivity contribution in [2.75, 3.05) is 0 Å². The molecule has 1 amide bonds. The van der Waals surface area contributed by atoms with Crippen molar-refractivity contribution in [2.45, 2.75) is 19.9 Å². The van der Waals surface area contributed by atoms with Crippen LogP contribution in [-0.4, -0.2) is 38.4 Å². The molecule has 15 heavy (non-hydrogen) atoms. The lowest BCUT2D eigenvalue weighted by atomic mass is 10.3. The molecule has 1 aliphatic heterocycles. The maximum atomic E-state index is 11.5. The molecule has 2 heterocycles. The molecule has 0 radical (unpaired) electrons. The summed E-state index contributed by atoms with van der Waals surface area (Å²) in [6, 6.07) is 1.53. The van der Waals surface area contributed by atoms with Crippen LogP contribution in [0.3, 0.4) is 0 Å². The first-order valence-electron chi connectivity index (χ1n) is 4.58. The Morgan fingerprint density at radius 1 is 1.33 bits per heavy atom. The molecule has 6 heteroatoms. The van der Waals surface area contributed by atoms with Crippen molar-refractivity contribution in [2.24, 2.45) is 5.10 Å². The zero-order chi connectivity index (χ0) is 11.0. The first-order chi connectivity index (χ1) is 7.11. The number of hydrogen-bond donors (Lipinski definition) is 0. The SMILES string of the molecule is CC(C)N1N=C(n2cccn2)C(=O)C1=O. The van der Waals surface area contributed by atoms with E-state index in [1.807, 2.05) is 0 Å². The second-order valence-electron chi connectivity index (χ2n) is 3.45. The van der Waals surface area contributed by atoms with Gasteiger partial charge in [-0.15, -0.1) is 5.10 Å². The van der Waals surface area contributed by atoms with Gasteiger partial charge in [-0.25, -0.2) is 9.69 Å². The molecule has 0 aliphatic carbocycles. The fourth-order valence-corrected chi connectivity index (χ4v) is 1.29. The van der Waals surface area contributed by atoms with Crippen LogP contribution in [0.5, 0.6) is 0 Å². The minimum absolute atomic E-state index is 0.0544. The summed E-state index contributed by atoms with van der Waals surface area (Å²) in [6.07, 6.45) is 3.10. The molecule has 0 saturated carbocycles. The van der Waals surface area contributed by atoms with Crippen LogP contribution in [0, 0.1) is 0 Å². The number of ketones is 1. The Morgan fingerprint density at radius 2 is 2.07 bits per heavy atom. The van der Waals surface area contributed by atoms with Gasteiger partial charge in [-0.2, -0.15) is 5.10 Å². The molecule has 0 atom stereocenters. The molecule has 0 aromatic carbocycles. The van der Waals surface area contributed by atoms with E-state index in [2.05, 4.69) is 10.2 Å². The van der Waals surface area contributed by atoms with Crippen LogP contribution in [-0.2, 0) is 9.59 Å². The molecule has 1 aliphatic rings. The summed E-state index contributed by atoms with van der Waals surface area (Å²) in [6.45, 7) is 3.58. The van der Waals surface area contributed by atoms with Gasteiger partial charge in [0.25, 0.3) is 5.78 Å². The van der Waals surface area contributed by atoms with Crippen LogP contribution < -0.4 is 0 Å². The van der Waals surface area contributed by atoms with Crippen LogP contribution in [0.15, 0.2) is 23.6 Å². The van der Waals surface area contributed by atoms with Crippen LogP contribution >= 0.6 is 0 Å². The Kier molecular flexibility index (Phi) is 2.11. The zero-order valence-electron chi connectivity index (χ0n) is 8.41. The third-order valence-corrected chi connectivity index (χ3v) is 2.02.